The molecule has 2 N–H and O–H groups in total. The first-order valence-corrected chi connectivity index (χ1v) is 5.41. The summed E-state index contributed by atoms with van der Waals surface area (Å²) >= 11 is 0. The van der Waals surface area contributed by atoms with E-state index in [9.17, 15) is 10.2 Å². The van der Waals surface area contributed by atoms with Gasteiger partial charge in [0, 0.05) is 11.1 Å². The van der Waals surface area contributed by atoms with E-state index < -0.39 is 0 Å². The molecule has 4 heteroatoms. The summed E-state index contributed by atoms with van der Waals surface area (Å²) in [6, 6.07) is 10.1. The molecule has 18 heavy (non-hydrogen) atoms. The van der Waals surface area contributed by atoms with Crippen LogP contribution in [-0.2, 0) is 0 Å². The van der Waals surface area contributed by atoms with Crippen LogP contribution in [0.3, 0.4) is 0 Å². The average molecular weight is 246 g/mol. The first-order valence-electron chi connectivity index (χ1n) is 5.41. The Kier molecular flexibility index (Phi) is 3.28. The van der Waals surface area contributed by atoms with Crippen LogP contribution in [0, 0.1) is 0 Å². The number of benzene rings is 2. The summed E-state index contributed by atoms with van der Waals surface area (Å²) < 4.78 is 10.4. The van der Waals surface area contributed by atoms with E-state index in [1.807, 2.05) is 0 Å². The third kappa shape index (κ3) is 1.93. The minimum Gasteiger partial charge on any atom is -0.504 e. The maximum absolute atomic E-state index is 9.76. The van der Waals surface area contributed by atoms with E-state index in [0.29, 0.717) is 22.6 Å². The zero-order valence-corrected chi connectivity index (χ0v) is 10.2. The minimum absolute atomic E-state index is 0.0420. The molecule has 0 aliphatic rings. The number of ether oxygens (including phenoxy) is 2. The molecule has 2 aromatic rings. The van der Waals surface area contributed by atoms with Gasteiger partial charge in [0.05, 0.1) is 14.2 Å². The lowest BCUT2D eigenvalue weighted by molar-refractivity contribution is 0.369. The van der Waals surface area contributed by atoms with Gasteiger partial charge < -0.3 is 19.7 Å². The van der Waals surface area contributed by atoms with Gasteiger partial charge in [0.25, 0.3) is 0 Å². The third-order valence-electron chi connectivity index (χ3n) is 2.69. The van der Waals surface area contributed by atoms with Gasteiger partial charge in [-0.2, -0.15) is 0 Å². The van der Waals surface area contributed by atoms with Crippen LogP contribution in [0.2, 0.25) is 0 Å². The number of hydrogen-bond donors (Lipinski definition) is 2. The zero-order valence-electron chi connectivity index (χ0n) is 10.2. The molecule has 0 fully saturated rings. The zero-order chi connectivity index (χ0) is 13.1. The molecule has 0 aliphatic carbocycles. The van der Waals surface area contributed by atoms with Gasteiger partial charge in [-0.3, -0.25) is 0 Å². The molecule has 2 rings (SSSR count). The highest BCUT2D eigenvalue weighted by Crippen LogP contribution is 2.43. The van der Waals surface area contributed by atoms with Gasteiger partial charge in [-0.1, -0.05) is 24.3 Å². The van der Waals surface area contributed by atoms with Gasteiger partial charge in [-0.25, -0.2) is 0 Å². The van der Waals surface area contributed by atoms with Crippen molar-refractivity contribution in [1.82, 2.24) is 0 Å². The summed E-state index contributed by atoms with van der Waals surface area (Å²) in [5.74, 6) is 0.781. The number of para-hydroxylation sites is 2. The molecule has 94 valence electrons. The number of hydrogen-bond acceptors (Lipinski definition) is 4. The molecule has 0 heterocycles. The molecule has 0 atom stereocenters. The number of rotatable bonds is 3. The van der Waals surface area contributed by atoms with E-state index in [2.05, 4.69) is 0 Å². The van der Waals surface area contributed by atoms with E-state index >= 15 is 0 Å². The van der Waals surface area contributed by atoms with Crippen LogP contribution in [0.5, 0.6) is 23.0 Å². The highest BCUT2D eigenvalue weighted by Gasteiger charge is 2.16. The standard InChI is InChI=1S/C14H14O4/c1-17-13-9(5-3-7-11(13)15)10-6-4-8-12(16)14(10)18-2/h3-8,15-16H,1-2H3. The first kappa shape index (κ1) is 12.1. The van der Waals surface area contributed by atoms with Crippen LogP contribution in [0.25, 0.3) is 11.1 Å². The fourth-order valence-electron chi connectivity index (χ4n) is 1.90. The fourth-order valence-corrected chi connectivity index (χ4v) is 1.90. The second kappa shape index (κ2) is 4.87. The Morgan fingerprint density at radius 2 is 1.11 bits per heavy atom. The summed E-state index contributed by atoms with van der Waals surface area (Å²) in [6.45, 7) is 0. The van der Waals surface area contributed by atoms with Gasteiger partial charge in [-0.15, -0.1) is 0 Å². The fraction of sp³-hybridized carbons (Fsp3) is 0.143. The van der Waals surface area contributed by atoms with Crippen molar-refractivity contribution in [2.75, 3.05) is 14.2 Å². The van der Waals surface area contributed by atoms with Gasteiger partial charge in [0.15, 0.2) is 23.0 Å². The summed E-state index contributed by atoms with van der Waals surface area (Å²) in [5, 5.41) is 19.5. The predicted octanol–water partition coefficient (Wildman–Crippen LogP) is 2.78. The van der Waals surface area contributed by atoms with E-state index in [0.717, 1.165) is 0 Å². The Morgan fingerprint density at radius 1 is 0.722 bits per heavy atom. The van der Waals surface area contributed by atoms with Crippen molar-refractivity contribution < 1.29 is 19.7 Å². The Labute approximate surface area is 105 Å². The molecular weight excluding hydrogens is 232 g/mol. The third-order valence-corrected chi connectivity index (χ3v) is 2.69. The van der Waals surface area contributed by atoms with Crippen molar-refractivity contribution in [3.8, 4) is 34.1 Å². The topological polar surface area (TPSA) is 58.9 Å². The number of aromatic hydroxyl groups is 2. The van der Waals surface area contributed by atoms with Gasteiger partial charge >= 0.3 is 0 Å². The summed E-state index contributed by atoms with van der Waals surface area (Å²) in [5.41, 5.74) is 1.32. The summed E-state index contributed by atoms with van der Waals surface area (Å²) in [6.07, 6.45) is 0. The van der Waals surface area contributed by atoms with Gasteiger partial charge in [0.2, 0.25) is 0 Å². The van der Waals surface area contributed by atoms with Crippen molar-refractivity contribution in [2.24, 2.45) is 0 Å². The largest absolute Gasteiger partial charge is 0.504 e. The maximum atomic E-state index is 9.76. The molecule has 0 saturated heterocycles. The SMILES string of the molecule is COc1c(O)cccc1-c1cccc(O)c1OC. The second-order valence-corrected chi connectivity index (χ2v) is 3.72. The van der Waals surface area contributed by atoms with Crippen molar-refractivity contribution >= 4 is 0 Å². The van der Waals surface area contributed by atoms with Crippen LogP contribution < -0.4 is 9.47 Å². The van der Waals surface area contributed by atoms with Gasteiger partial charge in [-0.05, 0) is 12.1 Å². The molecule has 0 aromatic heterocycles. The predicted molar refractivity (Wildman–Crippen MR) is 68.3 cm³/mol. The van der Waals surface area contributed by atoms with Crippen LogP contribution in [0.15, 0.2) is 36.4 Å². The van der Waals surface area contributed by atoms with Crippen LogP contribution in [-0.4, -0.2) is 24.4 Å². The molecule has 4 nitrogen and oxygen atoms in total. The van der Waals surface area contributed by atoms with E-state index in [1.54, 1.807) is 24.3 Å². The van der Waals surface area contributed by atoms with Crippen LogP contribution in [0.4, 0.5) is 0 Å². The first-order chi connectivity index (χ1) is 8.69. The molecule has 0 spiro atoms. The number of phenols is 2. The lowest BCUT2D eigenvalue weighted by atomic mass is 10.0. The van der Waals surface area contributed by atoms with Crippen LogP contribution in [0.1, 0.15) is 0 Å². The van der Waals surface area contributed by atoms with E-state index in [4.69, 9.17) is 9.47 Å². The normalized spacial score (nSPS) is 10.1. The number of phenolic OH excluding ortho intramolecular Hbond substituents is 2. The van der Waals surface area contributed by atoms with Crippen LogP contribution >= 0.6 is 0 Å². The average Bonchev–Trinajstić information content (AvgIpc) is 2.38. The van der Waals surface area contributed by atoms with Crippen molar-refractivity contribution in [1.29, 1.82) is 0 Å². The molecule has 0 bridgehead atoms. The maximum Gasteiger partial charge on any atom is 0.168 e. The van der Waals surface area contributed by atoms with Crippen molar-refractivity contribution in [3.63, 3.8) is 0 Å². The molecule has 0 unspecified atom stereocenters. The smallest absolute Gasteiger partial charge is 0.168 e. The Balaban J connectivity index is 2.69. The summed E-state index contributed by atoms with van der Waals surface area (Å²) in [7, 11) is 2.96. The molecule has 0 aliphatic heterocycles. The summed E-state index contributed by atoms with van der Waals surface area (Å²) in [4.78, 5) is 0. The Hall–Kier alpha value is -2.36. The Morgan fingerprint density at radius 3 is 1.44 bits per heavy atom. The van der Waals surface area contributed by atoms with E-state index in [-0.39, 0.29) is 11.5 Å². The van der Waals surface area contributed by atoms with Crippen molar-refractivity contribution in [3.05, 3.63) is 36.4 Å². The quantitative estimate of drug-likeness (QED) is 0.874. The lowest BCUT2D eigenvalue weighted by Crippen LogP contribution is -1.92. The molecular formula is C14H14O4. The highest BCUT2D eigenvalue weighted by molar-refractivity contribution is 5.80. The number of methoxy groups -OCH3 is 2. The van der Waals surface area contributed by atoms with E-state index in [1.165, 1.54) is 26.4 Å². The molecule has 2 aromatic carbocycles. The Bertz CT molecular complexity index is 512. The minimum atomic E-state index is 0.0420. The second-order valence-electron chi connectivity index (χ2n) is 3.72. The lowest BCUT2D eigenvalue weighted by Gasteiger charge is -2.14. The monoisotopic (exact) mass is 246 g/mol. The molecule has 0 radical (unpaired) electrons. The van der Waals surface area contributed by atoms with Crippen molar-refractivity contribution in [2.45, 2.75) is 0 Å². The molecule has 0 amide bonds. The van der Waals surface area contributed by atoms with Gasteiger partial charge in [0.1, 0.15) is 0 Å². The highest BCUT2D eigenvalue weighted by atomic mass is 16.5. The molecule has 0 saturated carbocycles.